The smallest absolute Gasteiger partial charge is 0.0722 e. The first-order valence-corrected chi connectivity index (χ1v) is 7.19. The summed E-state index contributed by atoms with van der Waals surface area (Å²) in [7, 11) is 6.24. The second kappa shape index (κ2) is 7.06. The molecular weight excluding hydrogens is 236 g/mol. The minimum Gasteiger partial charge on any atom is -0.313 e. The van der Waals surface area contributed by atoms with E-state index in [2.05, 4.69) is 56.4 Å². The van der Waals surface area contributed by atoms with E-state index in [1.165, 1.54) is 30.6 Å². The molecule has 0 atom stereocenters. The number of hydrogen-bond donors (Lipinski definition) is 1. The van der Waals surface area contributed by atoms with Gasteiger partial charge >= 0.3 is 0 Å². The van der Waals surface area contributed by atoms with Crippen LogP contribution in [-0.2, 0) is 19.0 Å². The summed E-state index contributed by atoms with van der Waals surface area (Å²) in [5.74, 6) is 0. The summed E-state index contributed by atoms with van der Waals surface area (Å²) in [4.78, 5) is 2.23. The van der Waals surface area contributed by atoms with Gasteiger partial charge in [0, 0.05) is 30.8 Å². The van der Waals surface area contributed by atoms with Gasteiger partial charge in [-0.15, -0.1) is 0 Å². The lowest BCUT2D eigenvalue weighted by Gasteiger charge is -2.17. The zero-order valence-corrected chi connectivity index (χ0v) is 13.5. The Morgan fingerprint density at radius 3 is 2.53 bits per heavy atom. The highest BCUT2D eigenvalue weighted by atomic mass is 15.3. The van der Waals surface area contributed by atoms with Gasteiger partial charge in [-0.2, -0.15) is 5.10 Å². The first-order chi connectivity index (χ1) is 8.80. The van der Waals surface area contributed by atoms with Crippen molar-refractivity contribution in [2.75, 3.05) is 27.2 Å². The van der Waals surface area contributed by atoms with Crippen LogP contribution < -0.4 is 5.32 Å². The molecule has 0 aliphatic heterocycles. The van der Waals surface area contributed by atoms with E-state index in [-0.39, 0.29) is 5.41 Å². The highest BCUT2D eigenvalue weighted by Crippen LogP contribution is 2.23. The topological polar surface area (TPSA) is 33.1 Å². The van der Waals surface area contributed by atoms with Gasteiger partial charge in [0.1, 0.15) is 0 Å². The van der Waals surface area contributed by atoms with Crippen LogP contribution >= 0.6 is 0 Å². The van der Waals surface area contributed by atoms with Crippen LogP contribution in [0.15, 0.2) is 6.20 Å². The number of nitrogens with zero attached hydrogens (tertiary/aromatic N) is 3. The van der Waals surface area contributed by atoms with Crippen molar-refractivity contribution in [3.05, 3.63) is 17.5 Å². The minimum absolute atomic E-state index is 0.114. The molecule has 0 spiro atoms. The predicted molar refractivity (Wildman–Crippen MR) is 81.4 cm³/mol. The Labute approximate surface area is 118 Å². The van der Waals surface area contributed by atoms with E-state index in [4.69, 9.17) is 0 Å². The quantitative estimate of drug-likeness (QED) is 0.768. The zero-order valence-electron chi connectivity index (χ0n) is 13.5. The average molecular weight is 266 g/mol. The molecular formula is C15H30N4. The molecule has 0 fully saturated rings. The summed E-state index contributed by atoms with van der Waals surface area (Å²) in [6, 6.07) is 0. The third-order valence-corrected chi connectivity index (χ3v) is 3.14. The van der Waals surface area contributed by atoms with E-state index in [9.17, 15) is 0 Å². The van der Waals surface area contributed by atoms with E-state index < -0.39 is 0 Å². The standard InChI is InChI=1S/C15H30N4/c1-15(2,3)14-13(12-19(6)17-14)11-16-9-7-8-10-18(4)5/h12,16H,7-11H2,1-6H3. The molecule has 4 nitrogen and oxygen atoms in total. The van der Waals surface area contributed by atoms with Crippen LogP contribution in [-0.4, -0.2) is 41.9 Å². The molecule has 1 aromatic heterocycles. The van der Waals surface area contributed by atoms with Gasteiger partial charge in [-0.05, 0) is 40.0 Å². The number of hydrogen-bond acceptors (Lipinski definition) is 3. The molecule has 0 amide bonds. The van der Waals surface area contributed by atoms with Gasteiger partial charge in [0.05, 0.1) is 5.69 Å². The summed E-state index contributed by atoms with van der Waals surface area (Å²) >= 11 is 0. The van der Waals surface area contributed by atoms with Crippen molar-refractivity contribution in [2.45, 2.75) is 45.6 Å². The number of aromatic nitrogens is 2. The van der Waals surface area contributed by atoms with Crippen molar-refractivity contribution in [2.24, 2.45) is 7.05 Å². The Bertz CT molecular complexity index is 374. The van der Waals surface area contributed by atoms with Gasteiger partial charge in [-0.25, -0.2) is 0 Å². The largest absolute Gasteiger partial charge is 0.313 e. The second-order valence-corrected chi connectivity index (χ2v) is 6.61. The molecule has 1 N–H and O–H groups in total. The predicted octanol–water partition coefficient (Wildman–Crippen LogP) is 2.15. The van der Waals surface area contributed by atoms with Crippen molar-refractivity contribution in [3.63, 3.8) is 0 Å². The Balaban J connectivity index is 2.37. The number of nitrogens with one attached hydrogen (secondary N) is 1. The molecule has 0 bridgehead atoms. The lowest BCUT2D eigenvalue weighted by atomic mass is 9.89. The van der Waals surface area contributed by atoms with Crippen LogP contribution in [0.4, 0.5) is 0 Å². The van der Waals surface area contributed by atoms with Crippen LogP contribution in [0.25, 0.3) is 0 Å². The van der Waals surface area contributed by atoms with Crippen LogP contribution in [0.1, 0.15) is 44.9 Å². The summed E-state index contributed by atoms with van der Waals surface area (Å²) in [6.45, 7) is 9.82. The lowest BCUT2D eigenvalue weighted by molar-refractivity contribution is 0.391. The van der Waals surface area contributed by atoms with Crippen LogP contribution in [0, 0.1) is 0 Å². The van der Waals surface area contributed by atoms with Crippen LogP contribution in [0.5, 0.6) is 0 Å². The van der Waals surface area contributed by atoms with Crippen molar-refractivity contribution in [1.82, 2.24) is 20.0 Å². The molecule has 0 saturated carbocycles. The van der Waals surface area contributed by atoms with Gasteiger partial charge in [-0.3, -0.25) is 4.68 Å². The van der Waals surface area contributed by atoms with Crippen molar-refractivity contribution in [1.29, 1.82) is 0 Å². The molecule has 1 rings (SSSR count). The maximum Gasteiger partial charge on any atom is 0.0722 e. The first kappa shape index (κ1) is 16.2. The maximum atomic E-state index is 4.59. The second-order valence-electron chi connectivity index (χ2n) is 6.61. The molecule has 0 aliphatic carbocycles. The van der Waals surface area contributed by atoms with Crippen molar-refractivity contribution in [3.8, 4) is 0 Å². The molecule has 19 heavy (non-hydrogen) atoms. The van der Waals surface area contributed by atoms with E-state index in [0.29, 0.717) is 0 Å². The minimum atomic E-state index is 0.114. The molecule has 0 saturated heterocycles. The van der Waals surface area contributed by atoms with Gasteiger partial charge in [0.15, 0.2) is 0 Å². The molecule has 0 radical (unpaired) electrons. The van der Waals surface area contributed by atoms with Crippen molar-refractivity contribution >= 4 is 0 Å². The van der Waals surface area contributed by atoms with Crippen LogP contribution in [0.3, 0.4) is 0 Å². The average Bonchev–Trinajstić information content (AvgIpc) is 2.64. The third kappa shape index (κ3) is 5.74. The monoisotopic (exact) mass is 266 g/mol. The third-order valence-electron chi connectivity index (χ3n) is 3.14. The number of aryl methyl sites for hydroxylation is 1. The number of rotatable bonds is 7. The van der Waals surface area contributed by atoms with Crippen molar-refractivity contribution < 1.29 is 0 Å². The Hall–Kier alpha value is -0.870. The SMILES string of the molecule is CN(C)CCCCNCc1cn(C)nc1C(C)(C)C. The van der Waals surface area contributed by atoms with E-state index >= 15 is 0 Å². The highest BCUT2D eigenvalue weighted by Gasteiger charge is 2.21. The van der Waals surface area contributed by atoms with Gasteiger partial charge < -0.3 is 10.2 Å². The Morgan fingerprint density at radius 2 is 1.95 bits per heavy atom. The lowest BCUT2D eigenvalue weighted by Crippen LogP contribution is -2.21. The zero-order chi connectivity index (χ0) is 14.5. The molecule has 1 heterocycles. The van der Waals surface area contributed by atoms with Gasteiger partial charge in [0.25, 0.3) is 0 Å². The Morgan fingerprint density at radius 1 is 1.26 bits per heavy atom. The molecule has 1 aromatic rings. The summed E-state index contributed by atoms with van der Waals surface area (Å²) in [6.07, 6.45) is 4.61. The molecule has 0 unspecified atom stereocenters. The fraction of sp³-hybridized carbons (Fsp3) is 0.800. The summed E-state index contributed by atoms with van der Waals surface area (Å²) in [5.41, 5.74) is 2.64. The van der Waals surface area contributed by atoms with Crippen LogP contribution in [0.2, 0.25) is 0 Å². The van der Waals surface area contributed by atoms with E-state index in [1.807, 2.05) is 11.7 Å². The molecule has 0 aromatic carbocycles. The Kier molecular flexibility index (Phi) is 6.01. The summed E-state index contributed by atoms with van der Waals surface area (Å²) < 4.78 is 1.92. The van der Waals surface area contributed by atoms with E-state index in [0.717, 1.165) is 13.1 Å². The molecule has 0 aliphatic rings. The molecule has 110 valence electrons. The molecule has 4 heteroatoms. The fourth-order valence-electron chi connectivity index (χ4n) is 2.20. The van der Waals surface area contributed by atoms with Gasteiger partial charge in [0.2, 0.25) is 0 Å². The maximum absolute atomic E-state index is 4.59. The first-order valence-electron chi connectivity index (χ1n) is 7.19. The normalized spacial score (nSPS) is 12.4. The van der Waals surface area contributed by atoms with E-state index in [1.54, 1.807) is 0 Å². The fourth-order valence-corrected chi connectivity index (χ4v) is 2.20. The highest BCUT2D eigenvalue weighted by molar-refractivity contribution is 5.23. The summed E-state index contributed by atoms with van der Waals surface area (Å²) in [5, 5.41) is 8.12. The number of unbranched alkanes of at least 4 members (excludes halogenated alkanes) is 1. The van der Waals surface area contributed by atoms with Gasteiger partial charge in [-0.1, -0.05) is 20.8 Å².